The number of hydrogen-bond donors (Lipinski definition) is 1. The van der Waals surface area contributed by atoms with Gasteiger partial charge in [0.1, 0.15) is 11.5 Å². The number of nitrogen functional groups attached to an aromatic ring is 1. The maximum absolute atomic E-state index is 6.07. The normalized spacial score (nSPS) is 11.4. The SMILES string of the molecule is Cc1ccoc1-c1nn(C)c(N)c1CC(C)C. The first kappa shape index (κ1) is 11.8. The summed E-state index contributed by atoms with van der Waals surface area (Å²) >= 11 is 0. The fourth-order valence-electron chi connectivity index (χ4n) is 1.99. The zero-order valence-electron chi connectivity index (χ0n) is 10.8. The second-order valence-electron chi connectivity index (χ2n) is 4.87. The Labute approximate surface area is 101 Å². The van der Waals surface area contributed by atoms with Crippen LogP contribution in [0.1, 0.15) is 25.0 Å². The molecule has 0 amide bonds. The van der Waals surface area contributed by atoms with Crippen LogP contribution in [0.25, 0.3) is 11.5 Å². The molecular formula is C13H19N3O. The van der Waals surface area contributed by atoms with Crippen molar-refractivity contribution in [2.24, 2.45) is 13.0 Å². The van der Waals surface area contributed by atoms with E-state index in [4.69, 9.17) is 10.2 Å². The number of furan rings is 1. The zero-order valence-corrected chi connectivity index (χ0v) is 10.8. The van der Waals surface area contributed by atoms with Gasteiger partial charge in [-0.05, 0) is 30.9 Å². The summed E-state index contributed by atoms with van der Waals surface area (Å²) in [6.45, 7) is 6.36. The predicted molar refractivity (Wildman–Crippen MR) is 68.6 cm³/mol. The summed E-state index contributed by atoms with van der Waals surface area (Å²) in [5.74, 6) is 2.09. The van der Waals surface area contributed by atoms with Crippen molar-refractivity contribution in [3.8, 4) is 11.5 Å². The second kappa shape index (κ2) is 4.28. The molecule has 0 aliphatic carbocycles. The molecule has 2 rings (SSSR count). The average molecular weight is 233 g/mol. The van der Waals surface area contributed by atoms with E-state index in [-0.39, 0.29) is 0 Å². The van der Waals surface area contributed by atoms with Crippen LogP contribution in [0.3, 0.4) is 0 Å². The van der Waals surface area contributed by atoms with Gasteiger partial charge in [-0.3, -0.25) is 4.68 Å². The third-order valence-electron chi connectivity index (χ3n) is 2.88. The molecular weight excluding hydrogens is 214 g/mol. The summed E-state index contributed by atoms with van der Waals surface area (Å²) in [4.78, 5) is 0. The van der Waals surface area contributed by atoms with E-state index in [0.29, 0.717) is 5.92 Å². The van der Waals surface area contributed by atoms with Crippen molar-refractivity contribution in [2.75, 3.05) is 5.73 Å². The Morgan fingerprint density at radius 2 is 2.18 bits per heavy atom. The quantitative estimate of drug-likeness (QED) is 0.886. The molecule has 0 aromatic carbocycles. The van der Waals surface area contributed by atoms with E-state index in [9.17, 15) is 0 Å². The van der Waals surface area contributed by atoms with Crippen molar-refractivity contribution < 1.29 is 4.42 Å². The monoisotopic (exact) mass is 233 g/mol. The minimum Gasteiger partial charge on any atom is -0.462 e. The molecule has 0 saturated carbocycles. The maximum Gasteiger partial charge on any atom is 0.157 e. The summed E-state index contributed by atoms with van der Waals surface area (Å²) < 4.78 is 7.23. The molecule has 0 fully saturated rings. The predicted octanol–water partition coefficient (Wildman–Crippen LogP) is 2.77. The van der Waals surface area contributed by atoms with Crippen molar-refractivity contribution in [3.63, 3.8) is 0 Å². The second-order valence-corrected chi connectivity index (χ2v) is 4.87. The van der Waals surface area contributed by atoms with Crippen molar-refractivity contribution in [1.82, 2.24) is 9.78 Å². The highest BCUT2D eigenvalue weighted by Gasteiger charge is 2.19. The maximum atomic E-state index is 6.07. The number of aryl methyl sites for hydroxylation is 2. The molecule has 0 saturated heterocycles. The standard InChI is InChI=1S/C13H19N3O/c1-8(2)7-10-11(15-16(4)13(10)14)12-9(3)5-6-17-12/h5-6,8H,7,14H2,1-4H3. The van der Waals surface area contributed by atoms with Crippen LogP contribution in [-0.4, -0.2) is 9.78 Å². The summed E-state index contributed by atoms with van der Waals surface area (Å²) in [6, 6.07) is 1.94. The Kier molecular flexibility index (Phi) is 2.96. The van der Waals surface area contributed by atoms with Crippen molar-refractivity contribution >= 4 is 5.82 Å². The van der Waals surface area contributed by atoms with Gasteiger partial charge in [-0.1, -0.05) is 13.8 Å². The van der Waals surface area contributed by atoms with Gasteiger partial charge < -0.3 is 10.2 Å². The van der Waals surface area contributed by atoms with Crippen LogP contribution in [0.15, 0.2) is 16.7 Å². The number of nitrogens with zero attached hydrogens (tertiary/aromatic N) is 2. The highest BCUT2D eigenvalue weighted by atomic mass is 16.3. The molecule has 0 atom stereocenters. The smallest absolute Gasteiger partial charge is 0.157 e. The van der Waals surface area contributed by atoms with E-state index in [1.165, 1.54) is 0 Å². The number of aromatic nitrogens is 2. The molecule has 4 nitrogen and oxygen atoms in total. The first-order valence-electron chi connectivity index (χ1n) is 5.86. The van der Waals surface area contributed by atoms with Crippen LogP contribution in [0.5, 0.6) is 0 Å². The third kappa shape index (κ3) is 2.07. The number of nitrogens with two attached hydrogens (primary N) is 1. The van der Waals surface area contributed by atoms with Gasteiger partial charge in [0, 0.05) is 12.6 Å². The molecule has 0 bridgehead atoms. The Balaban J connectivity index is 2.54. The lowest BCUT2D eigenvalue weighted by atomic mass is 10.0. The number of rotatable bonds is 3. The van der Waals surface area contributed by atoms with Crippen LogP contribution >= 0.6 is 0 Å². The molecule has 0 unspecified atom stereocenters. The van der Waals surface area contributed by atoms with Crippen LogP contribution in [0, 0.1) is 12.8 Å². The topological polar surface area (TPSA) is 57.0 Å². The third-order valence-corrected chi connectivity index (χ3v) is 2.88. The lowest BCUT2D eigenvalue weighted by Gasteiger charge is -2.05. The largest absolute Gasteiger partial charge is 0.462 e. The minimum atomic E-state index is 0.538. The van der Waals surface area contributed by atoms with E-state index in [1.807, 2.05) is 20.0 Å². The van der Waals surface area contributed by atoms with Gasteiger partial charge in [0.2, 0.25) is 0 Å². The lowest BCUT2D eigenvalue weighted by Crippen LogP contribution is -2.02. The summed E-state index contributed by atoms with van der Waals surface area (Å²) in [6.07, 6.45) is 2.60. The molecule has 0 spiro atoms. The summed E-state index contributed by atoms with van der Waals surface area (Å²) in [5, 5.41) is 4.46. The first-order valence-corrected chi connectivity index (χ1v) is 5.86. The number of anilines is 1. The van der Waals surface area contributed by atoms with Gasteiger partial charge in [-0.15, -0.1) is 0 Å². The first-order chi connectivity index (χ1) is 8.00. The molecule has 92 valence electrons. The van der Waals surface area contributed by atoms with Gasteiger partial charge in [0.05, 0.1) is 6.26 Å². The van der Waals surface area contributed by atoms with Crippen molar-refractivity contribution in [2.45, 2.75) is 27.2 Å². The van der Waals surface area contributed by atoms with Crippen LogP contribution < -0.4 is 5.73 Å². The van der Waals surface area contributed by atoms with Gasteiger partial charge in [0.25, 0.3) is 0 Å². The van der Waals surface area contributed by atoms with Crippen LogP contribution in [0.4, 0.5) is 5.82 Å². The zero-order chi connectivity index (χ0) is 12.6. The molecule has 2 aromatic rings. The minimum absolute atomic E-state index is 0.538. The van der Waals surface area contributed by atoms with Crippen molar-refractivity contribution in [1.29, 1.82) is 0 Å². The fraction of sp³-hybridized carbons (Fsp3) is 0.462. The Hall–Kier alpha value is -1.71. The van der Waals surface area contributed by atoms with Crippen LogP contribution in [0.2, 0.25) is 0 Å². The molecule has 4 heteroatoms. The Morgan fingerprint density at radius 1 is 1.47 bits per heavy atom. The van der Waals surface area contributed by atoms with Gasteiger partial charge in [-0.25, -0.2) is 0 Å². The van der Waals surface area contributed by atoms with Gasteiger partial charge in [0.15, 0.2) is 5.76 Å². The Morgan fingerprint density at radius 3 is 2.71 bits per heavy atom. The lowest BCUT2D eigenvalue weighted by molar-refractivity contribution is 0.574. The average Bonchev–Trinajstić information content (AvgIpc) is 2.77. The molecule has 2 N–H and O–H groups in total. The van der Waals surface area contributed by atoms with E-state index < -0.39 is 0 Å². The van der Waals surface area contributed by atoms with Crippen molar-refractivity contribution in [3.05, 3.63) is 23.5 Å². The Bertz CT molecular complexity index is 523. The molecule has 0 radical (unpaired) electrons. The van der Waals surface area contributed by atoms with Gasteiger partial charge >= 0.3 is 0 Å². The van der Waals surface area contributed by atoms with E-state index in [1.54, 1.807) is 10.9 Å². The van der Waals surface area contributed by atoms with E-state index in [2.05, 4.69) is 18.9 Å². The fourth-order valence-corrected chi connectivity index (χ4v) is 1.99. The summed E-state index contributed by atoms with van der Waals surface area (Å²) in [5.41, 5.74) is 9.12. The van der Waals surface area contributed by atoms with Crippen LogP contribution in [-0.2, 0) is 13.5 Å². The van der Waals surface area contributed by atoms with E-state index in [0.717, 1.165) is 34.8 Å². The number of hydrogen-bond acceptors (Lipinski definition) is 3. The van der Waals surface area contributed by atoms with Gasteiger partial charge in [-0.2, -0.15) is 5.10 Å². The molecule has 2 aromatic heterocycles. The molecule has 2 heterocycles. The molecule has 17 heavy (non-hydrogen) atoms. The molecule has 0 aliphatic rings. The molecule has 0 aliphatic heterocycles. The van der Waals surface area contributed by atoms with E-state index >= 15 is 0 Å². The highest BCUT2D eigenvalue weighted by molar-refractivity contribution is 5.66. The summed E-state index contributed by atoms with van der Waals surface area (Å²) in [7, 11) is 1.86. The highest BCUT2D eigenvalue weighted by Crippen LogP contribution is 2.31.